The van der Waals surface area contributed by atoms with E-state index >= 15 is 0 Å². The van der Waals surface area contributed by atoms with Gasteiger partial charge in [0.25, 0.3) is 5.91 Å². The van der Waals surface area contributed by atoms with Crippen LogP contribution in [0.3, 0.4) is 0 Å². The highest BCUT2D eigenvalue weighted by Crippen LogP contribution is 2.38. The normalized spacial score (nSPS) is 23.4. The molecule has 1 atom stereocenters. The highest BCUT2D eigenvalue weighted by atomic mass is 35.5. The first kappa shape index (κ1) is 13.1. The maximum absolute atomic E-state index is 11.9. The first-order chi connectivity index (χ1) is 7.92. The molecule has 1 aromatic rings. The Labute approximate surface area is 114 Å². The molecule has 3 nitrogen and oxygen atoms in total. The van der Waals surface area contributed by atoms with Crippen molar-refractivity contribution in [1.82, 2.24) is 4.90 Å². The summed E-state index contributed by atoms with van der Waals surface area (Å²) in [5.41, 5.74) is -0.673. The number of alkyl halides is 2. The molecule has 0 bridgehead atoms. The topological polar surface area (TPSA) is 29.5 Å². The molecule has 2 heterocycles. The van der Waals surface area contributed by atoms with E-state index in [1.807, 2.05) is 31.4 Å². The summed E-state index contributed by atoms with van der Waals surface area (Å²) in [5, 5.41) is 1.99. The van der Waals surface area contributed by atoms with Crippen LogP contribution in [0.15, 0.2) is 17.5 Å². The zero-order chi connectivity index (χ0) is 12.6. The van der Waals surface area contributed by atoms with Gasteiger partial charge in [0.05, 0.1) is 6.54 Å². The van der Waals surface area contributed by atoms with Gasteiger partial charge >= 0.3 is 0 Å². The van der Waals surface area contributed by atoms with Crippen molar-refractivity contribution in [3.63, 3.8) is 0 Å². The van der Waals surface area contributed by atoms with E-state index in [9.17, 15) is 4.79 Å². The maximum atomic E-state index is 11.9. The molecule has 94 valence electrons. The van der Waals surface area contributed by atoms with Crippen LogP contribution in [-0.4, -0.2) is 27.9 Å². The molecule has 1 aromatic heterocycles. The summed E-state index contributed by atoms with van der Waals surface area (Å²) in [6, 6.07) is 3.96. The molecular formula is C11H13Cl2NO2S. The molecule has 1 amide bonds. The van der Waals surface area contributed by atoms with Crippen LogP contribution in [0.4, 0.5) is 0 Å². The van der Waals surface area contributed by atoms with Gasteiger partial charge in [-0.3, -0.25) is 4.79 Å². The van der Waals surface area contributed by atoms with Gasteiger partial charge in [-0.2, -0.15) is 0 Å². The van der Waals surface area contributed by atoms with Crippen LogP contribution in [0.1, 0.15) is 24.8 Å². The van der Waals surface area contributed by atoms with Crippen molar-refractivity contribution >= 4 is 40.4 Å². The van der Waals surface area contributed by atoms with Gasteiger partial charge < -0.3 is 9.64 Å². The van der Waals surface area contributed by atoms with Crippen LogP contribution < -0.4 is 0 Å². The van der Waals surface area contributed by atoms with E-state index in [2.05, 4.69) is 0 Å². The fourth-order valence-electron chi connectivity index (χ4n) is 1.93. The molecular weight excluding hydrogens is 281 g/mol. The number of hydrogen-bond acceptors (Lipinski definition) is 3. The smallest absolute Gasteiger partial charge is 0.258 e. The largest absolute Gasteiger partial charge is 0.346 e. The molecule has 6 heteroatoms. The van der Waals surface area contributed by atoms with E-state index < -0.39 is 10.6 Å². The Kier molecular flexibility index (Phi) is 3.69. The van der Waals surface area contributed by atoms with Crippen LogP contribution in [0.5, 0.6) is 0 Å². The Morgan fingerprint density at radius 3 is 2.88 bits per heavy atom. The van der Waals surface area contributed by atoms with E-state index in [-0.39, 0.29) is 12.0 Å². The molecule has 0 spiro atoms. The number of carbonyl (C=O) groups excluding carboxylic acids is 1. The fourth-order valence-corrected chi connectivity index (χ4v) is 2.91. The molecule has 1 unspecified atom stereocenters. The second-order valence-corrected chi connectivity index (χ2v) is 6.39. The minimum absolute atomic E-state index is 0.0963. The zero-order valence-corrected chi connectivity index (χ0v) is 11.9. The summed E-state index contributed by atoms with van der Waals surface area (Å²) in [7, 11) is 0. The van der Waals surface area contributed by atoms with Gasteiger partial charge in [0, 0.05) is 4.88 Å². The third-order valence-electron chi connectivity index (χ3n) is 2.74. The lowest BCUT2D eigenvalue weighted by Crippen LogP contribution is -2.45. The van der Waals surface area contributed by atoms with E-state index in [0.29, 0.717) is 6.54 Å². The van der Waals surface area contributed by atoms with Crippen molar-refractivity contribution < 1.29 is 9.53 Å². The minimum Gasteiger partial charge on any atom is -0.346 e. The molecule has 2 rings (SSSR count). The predicted molar refractivity (Wildman–Crippen MR) is 69.4 cm³/mol. The Bertz CT molecular complexity index is 406. The van der Waals surface area contributed by atoms with Gasteiger partial charge in [0.15, 0.2) is 4.84 Å². The van der Waals surface area contributed by atoms with Gasteiger partial charge in [-0.1, -0.05) is 29.3 Å². The minimum atomic E-state index is -1.04. The van der Waals surface area contributed by atoms with Crippen LogP contribution in [0.2, 0.25) is 0 Å². The van der Waals surface area contributed by atoms with Gasteiger partial charge in [-0.05, 0) is 25.3 Å². The molecule has 0 saturated carbocycles. The van der Waals surface area contributed by atoms with Crippen molar-refractivity contribution in [3.8, 4) is 0 Å². The summed E-state index contributed by atoms with van der Waals surface area (Å²) in [4.78, 5) is 13.5. The van der Waals surface area contributed by atoms with Crippen molar-refractivity contribution in [2.75, 3.05) is 6.54 Å². The number of nitrogens with zero attached hydrogens (tertiary/aromatic N) is 1. The number of amides is 1. The van der Waals surface area contributed by atoms with Gasteiger partial charge in [0.2, 0.25) is 0 Å². The Balaban J connectivity index is 2.18. The first-order valence-electron chi connectivity index (χ1n) is 5.22. The third-order valence-corrected chi connectivity index (χ3v) is 4.08. The molecule has 0 N–H and O–H groups in total. The summed E-state index contributed by atoms with van der Waals surface area (Å²) >= 11 is 12.9. The zero-order valence-electron chi connectivity index (χ0n) is 9.52. The number of hydrogen-bond donors (Lipinski definition) is 0. The van der Waals surface area contributed by atoms with Crippen LogP contribution in [0, 0.1) is 0 Å². The lowest BCUT2D eigenvalue weighted by atomic mass is 10.2. The number of rotatable bonds is 2. The van der Waals surface area contributed by atoms with E-state index in [1.54, 1.807) is 16.2 Å². The van der Waals surface area contributed by atoms with Gasteiger partial charge in [-0.25, -0.2) is 0 Å². The van der Waals surface area contributed by atoms with Crippen molar-refractivity contribution in [2.24, 2.45) is 0 Å². The number of halogens is 2. The molecule has 1 aliphatic rings. The first-order valence-corrected chi connectivity index (χ1v) is 6.98. The van der Waals surface area contributed by atoms with E-state index in [4.69, 9.17) is 27.9 Å². The molecule has 0 aromatic carbocycles. The molecule has 0 radical (unpaired) electrons. The van der Waals surface area contributed by atoms with Crippen LogP contribution in [-0.2, 0) is 9.53 Å². The van der Waals surface area contributed by atoms with E-state index in [0.717, 1.165) is 4.88 Å². The third kappa shape index (κ3) is 2.60. The van der Waals surface area contributed by atoms with Crippen molar-refractivity contribution in [3.05, 3.63) is 22.4 Å². The SMILES string of the molecule is CC1(C)OC(c2cccs2)CN1C(=O)C(Cl)Cl. The molecule has 0 aliphatic carbocycles. The lowest BCUT2D eigenvalue weighted by Gasteiger charge is -2.30. The Morgan fingerprint density at radius 2 is 2.35 bits per heavy atom. The summed E-state index contributed by atoms with van der Waals surface area (Å²) in [5.74, 6) is -0.308. The number of carbonyl (C=O) groups is 1. The average Bonchev–Trinajstić information content (AvgIpc) is 2.83. The number of ether oxygens (including phenoxy) is 1. The summed E-state index contributed by atoms with van der Waals surface area (Å²) in [6.07, 6.45) is -0.0963. The second-order valence-electron chi connectivity index (χ2n) is 4.32. The predicted octanol–water partition coefficient (Wildman–Crippen LogP) is 3.19. The Morgan fingerprint density at radius 1 is 1.65 bits per heavy atom. The van der Waals surface area contributed by atoms with Crippen LogP contribution in [0.25, 0.3) is 0 Å². The van der Waals surface area contributed by atoms with Crippen molar-refractivity contribution in [2.45, 2.75) is 30.5 Å². The maximum Gasteiger partial charge on any atom is 0.258 e. The van der Waals surface area contributed by atoms with E-state index in [1.165, 1.54) is 0 Å². The average molecular weight is 294 g/mol. The number of thiophene rings is 1. The molecule has 1 aliphatic heterocycles. The quantitative estimate of drug-likeness (QED) is 0.784. The highest BCUT2D eigenvalue weighted by molar-refractivity contribution is 7.10. The molecule has 17 heavy (non-hydrogen) atoms. The second kappa shape index (κ2) is 4.76. The lowest BCUT2D eigenvalue weighted by molar-refractivity contribution is -0.143. The highest BCUT2D eigenvalue weighted by Gasteiger charge is 2.44. The summed E-state index contributed by atoms with van der Waals surface area (Å²) in [6.45, 7) is 4.17. The van der Waals surface area contributed by atoms with Gasteiger partial charge in [-0.15, -0.1) is 11.3 Å². The molecule has 1 fully saturated rings. The van der Waals surface area contributed by atoms with Gasteiger partial charge in [0.1, 0.15) is 11.8 Å². The van der Waals surface area contributed by atoms with Crippen molar-refractivity contribution in [1.29, 1.82) is 0 Å². The fraction of sp³-hybridized carbons (Fsp3) is 0.545. The standard InChI is InChI=1S/C11H13Cl2NO2S/c1-11(2)14(10(15)9(12)13)6-7(16-11)8-4-3-5-17-8/h3-5,7,9H,6H2,1-2H3. The summed E-state index contributed by atoms with van der Waals surface area (Å²) < 4.78 is 5.88. The monoisotopic (exact) mass is 293 g/mol. The van der Waals surface area contributed by atoms with Crippen LogP contribution >= 0.6 is 34.5 Å². The molecule has 1 saturated heterocycles. The Hall–Kier alpha value is -0.290.